The van der Waals surface area contributed by atoms with Gasteiger partial charge >= 0.3 is 5.97 Å². The summed E-state index contributed by atoms with van der Waals surface area (Å²) in [5.41, 5.74) is 3.44. The van der Waals surface area contributed by atoms with Crippen molar-refractivity contribution in [3.63, 3.8) is 0 Å². The number of hydrazone groups is 1. The lowest BCUT2D eigenvalue weighted by Crippen LogP contribution is -2.44. The topological polar surface area (TPSA) is 82.0 Å². The Bertz CT molecular complexity index is 1170. The highest BCUT2D eigenvalue weighted by molar-refractivity contribution is 6.04. The molecule has 2 aromatic rings. The zero-order valence-corrected chi connectivity index (χ0v) is 20.4. The molecule has 1 saturated carbocycles. The van der Waals surface area contributed by atoms with Crippen LogP contribution in [-0.2, 0) is 9.59 Å². The number of amides is 1. The maximum Gasteiger partial charge on any atom is 0.309 e. The van der Waals surface area contributed by atoms with Crippen molar-refractivity contribution in [2.45, 2.75) is 45.4 Å². The van der Waals surface area contributed by atoms with Gasteiger partial charge in [0.2, 0.25) is 0 Å². The third-order valence-corrected chi connectivity index (χ3v) is 6.27. The third-order valence-electron chi connectivity index (χ3n) is 6.27. The zero-order chi connectivity index (χ0) is 26.2. The molecule has 1 heterocycles. The number of rotatable bonds is 6. The van der Waals surface area contributed by atoms with Gasteiger partial charge in [0.05, 0.1) is 12.1 Å². The van der Waals surface area contributed by atoms with Gasteiger partial charge in [0, 0.05) is 22.9 Å². The number of carbonyl (C=O) groups excluding carboxylic acids is 1. The van der Waals surface area contributed by atoms with Gasteiger partial charge < -0.3 is 10.4 Å². The molecule has 0 bridgehead atoms. The zero-order valence-electron chi connectivity index (χ0n) is 20.4. The molecule has 190 valence electrons. The minimum atomic E-state index is -1.000. The first-order chi connectivity index (χ1) is 17.3. The molecule has 1 aliphatic carbocycles. The Morgan fingerprint density at radius 2 is 1.72 bits per heavy atom. The molecule has 0 radical (unpaired) electrons. The lowest BCUT2D eigenvalue weighted by molar-refractivity contribution is -0.135. The van der Waals surface area contributed by atoms with Crippen molar-refractivity contribution in [3.05, 3.63) is 78.4 Å². The quantitative estimate of drug-likeness (QED) is 0.382. The molecule has 6 nitrogen and oxygen atoms in total. The molecule has 2 aliphatic rings. The second-order valence-corrected chi connectivity index (χ2v) is 8.77. The summed E-state index contributed by atoms with van der Waals surface area (Å²) in [6.45, 7) is 7.71. The Morgan fingerprint density at radius 1 is 1.08 bits per heavy atom. The van der Waals surface area contributed by atoms with Gasteiger partial charge in [-0.25, -0.2) is 13.8 Å². The minimum absolute atomic E-state index is 0.0794. The van der Waals surface area contributed by atoms with Gasteiger partial charge in [-0.05, 0) is 48.9 Å². The molecule has 4 rings (SSSR count). The standard InChI is InChI=1S/C26H27F2N3O3.C2H4/c1-16(13-23(32)33)30-31-15-29-25(24(26(31)34)18-5-3-2-4-6-18)19-9-7-17(8-10-19)21-12-11-20(27)14-22(21)28;1-2/h7-12,14,18,29H,2-6,13,15H2,1H3,(H,32,33);1-2H2/b30-16+;. The fourth-order valence-electron chi connectivity index (χ4n) is 4.68. The monoisotopic (exact) mass is 495 g/mol. The van der Waals surface area contributed by atoms with Crippen LogP contribution in [0.4, 0.5) is 8.78 Å². The van der Waals surface area contributed by atoms with Crippen LogP contribution in [0.5, 0.6) is 0 Å². The fourth-order valence-corrected chi connectivity index (χ4v) is 4.68. The van der Waals surface area contributed by atoms with Crippen LogP contribution >= 0.6 is 0 Å². The number of hydrogen-bond acceptors (Lipinski definition) is 4. The van der Waals surface area contributed by atoms with Gasteiger partial charge in [0.1, 0.15) is 18.3 Å². The lowest BCUT2D eigenvalue weighted by Gasteiger charge is -2.34. The average Bonchev–Trinajstić information content (AvgIpc) is 2.87. The Kier molecular flexibility index (Phi) is 9.11. The van der Waals surface area contributed by atoms with E-state index in [0.717, 1.165) is 49.4 Å². The van der Waals surface area contributed by atoms with Crippen LogP contribution in [0.1, 0.15) is 51.0 Å². The van der Waals surface area contributed by atoms with Crippen molar-refractivity contribution in [1.29, 1.82) is 0 Å². The molecule has 1 aliphatic heterocycles. The Balaban J connectivity index is 0.00000176. The maximum absolute atomic E-state index is 14.2. The molecule has 0 saturated heterocycles. The van der Waals surface area contributed by atoms with Crippen molar-refractivity contribution < 1.29 is 23.5 Å². The van der Waals surface area contributed by atoms with E-state index in [1.54, 1.807) is 19.1 Å². The molecule has 2 N–H and O–H groups in total. The molecular formula is C28H31F2N3O3. The number of halogens is 2. The molecule has 8 heteroatoms. The van der Waals surface area contributed by atoms with E-state index >= 15 is 0 Å². The molecule has 1 fully saturated rings. The van der Waals surface area contributed by atoms with Crippen molar-refractivity contribution in [1.82, 2.24) is 10.3 Å². The number of hydrogen-bond donors (Lipinski definition) is 2. The lowest BCUT2D eigenvalue weighted by atomic mass is 9.81. The molecule has 0 atom stereocenters. The van der Waals surface area contributed by atoms with Crippen LogP contribution in [-0.4, -0.2) is 34.4 Å². The minimum Gasteiger partial charge on any atom is -0.481 e. The number of nitrogens with one attached hydrogen (secondary N) is 1. The van der Waals surface area contributed by atoms with Crippen LogP contribution < -0.4 is 5.32 Å². The molecule has 2 aromatic carbocycles. The predicted octanol–water partition coefficient (Wildman–Crippen LogP) is 5.97. The van der Waals surface area contributed by atoms with Crippen LogP contribution in [0.25, 0.3) is 16.8 Å². The highest BCUT2D eigenvalue weighted by atomic mass is 19.1. The van der Waals surface area contributed by atoms with Crippen molar-refractivity contribution >= 4 is 23.3 Å². The van der Waals surface area contributed by atoms with Crippen molar-refractivity contribution in [2.75, 3.05) is 6.67 Å². The largest absolute Gasteiger partial charge is 0.481 e. The van der Waals surface area contributed by atoms with E-state index < -0.39 is 17.6 Å². The van der Waals surface area contributed by atoms with Crippen LogP contribution in [0.3, 0.4) is 0 Å². The van der Waals surface area contributed by atoms with Crippen LogP contribution in [0.15, 0.2) is 66.3 Å². The summed E-state index contributed by atoms with van der Waals surface area (Å²) in [4.78, 5) is 24.5. The molecule has 1 amide bonds. The van der Waals surface area contributed by atoms with E-state index in [9.17, 15) is 18.4 Å². The van der Waals surface area contributed by atoms with Gasteiger partial charge in [-0.2, -0.15) is 5.10 Å². The number of carboxylic acid groups (broad SMARTS) is 1. The number of nitrogens with zero attached hydrogens (tertiary/aromatic N) is 2. The van der Waals surface area contributed by atoms with E-state index in [4.69, 9.17) is 5.11 Å². The molecule has 36 heavy (non-hydrogen) atoms. The van der Waals surface area contributed by atoms with E-state index in [1.165, 1.54) is 17.1 Å². The van der Waals surface area contributed by atoms with Crippen molar-refractivity contribution in [2.24, 2.45) is 11.0 Å². The Morgan fingerprint density at radius 3 is 2.33 bits per heavy atom. The first-order valence-corrected chi connectivity index (χ1v) is 11.9. The first-order valence-electron chi connectivity index (χ1n) is 11.9. The third kappa shape index (κ3) is 6.24. The normalized spacial score (nSPS) is 16.8. The smallest absolute Gasteiger partial charge is 0.309 e. The van der Waals surface area contributed by atoms with Crippen LogP contribution in [0.2, 0.25) is 0 Å². The van der Waals surface area contributed by atoms with E-state index in [0.29, 0.717) is 22.4 Å². The highest BCUT2D eigenvalue weighted by Crippen LogP contribution is 2.36. The second-order valence-electron chi connectivity index (χ2n) is 8.77. The van der Waals surface area contributed by atoms with E-state index in [-0.39, 0.29) is 24.9 Å². The summed E-state index contributed by atoms with van der Waals surface area (Å²) in [5.74, 6) is -2.41. The molecule has 0 aromatic heterocycles. The number of aliphatic carboxylic acids is 1. The average molecular weight is 496 g/mol. The van der Waals surface area contributed by atoms with E-state index in [2.05, 4.69) is 23.6 Å². The van der Waals surface area contributed by atoms with E-state index in [1.807, 2.05) is 12.1 Å². The van der Waals surface area contributed by atoms with Gasteiger partial charge in [-0.1, -0.05) is 43.5 Å². The van der Waals surface area contributed by atoms with Crippen molar-refractivity contribution in [3.8, 4) is 11.1 Å². The summed E-state index contributed by atoms with van der Waals surface area (Å²) in [5, 5.41) is 17.9. The first kappa shape index (κ1) is 26.8. The summed E-state index contributed by atoms with van der Waals surface area (Å²) >= 11 is 0. The predicted molar refractivity (Wildman–Crippen MR) is 137 cm³/mol. The Labute approximate surface area is 210 Å². The number of carbonyl (C=O) groups is 2. The summed E-state index contributed by atoms with van der Waals surface area (Å²) in [7, 11) is 0. The highest BCUT2D eigenvalue weighted by Gasteiger charge is 2.34. The fraction of sp³-hybridized carbons (Fsp3) is 0.321. The van der Waals surface area contributed by atoms with Gasteiger partial charge in [-0.3, -0.25) is 9.59 Å². The summed E-state index contributed by atoms with van der Waals surface area (Å²) < 4.78 is 27.5. The second kappa shape index (κ2) is 12.2. The van der Waals surface area contributed by atoms with Gasteiger partial charge in [-0.15, -0.1) is 13.2 Å². The van der Waals surface area contributed by atoms with Gasteiger partial charge in [0.15, 0.2) is 0 Å². The number of benzene rings is 2. The molecule has 0 spiro atoms. The van der Waals surface area contributed by atoms with Gasteiger partial charge in [0.25, 0.3) is 5.91 Å². The molecule has 0 unspecified atom stereocenters. The maximum atomic E-state index is 14.2. The summed E-state index contributed by atoms with van der Waals surface area (Å²) in [6, 6.07) is 10.6. The SMILES string of the molecule is C/C(CC(=O)O)=N\N1CNC(c2ccc(-c3ccc(F)cc3F)cc2)=C(C2CCCCC2)C1=O.C=C. The summed E-state index contributed by atoms with van der Waals surface area (Å²) in [6.07, 6.45) is 4.78. The Hall–Kier alpha value is -3.81. The molecular weight excluding hydrogens is 464 g/mol. The number of carboxylic acids is 1. The van der Waals surface area contributed by atoms with Crippen LogP contribution in [0, 0.1) is 17.6 Å².